The lowest BCUT2D eigenvalue weighted by Gasteiger charge is -2.32. The Hall–Kier alpha value is -3.06. The van der Waals surface area contributed by atoms with E-state index in [1.807, 2.05) is 12.1 Å². The summed E-state index contributed by atoms with van der Waals surface area (Å²) in [5.74, 6) is 0.0330. The number of nitrogens with zero attached hydrogens (tertiary/aromatic N) is 4. The highest BCUT2D eigenvalue weighted by molar-refractivity contribution is 5.90. The Bertz CT molecular complexity index is 874. The lowest BCUT2D eigenvalue weighted by Crippen LogP contribution is -2.44. The highest BCUT2D eigenvalue weighted by Gasteiger charge is 2.24. The summed E-state index contributed by atoms with van der Waals surface area (Å²) in [5, 5.41) is 6.87. The molecule has 1 aliphatic heterocycles. The van der Waals surface area contributed by atoms with Gasteiger partial charge in [0.2, 0.25) is 5.82 Å². The number of amides is 1. The van der Waals surface area contributed by atoms with Gasteiger partial charge in [-0.25, -0.2) is 0 Å². The van der Waals surface area contributed by atoms with E-state index in [2.05, 4.69) is 49.6 Å². The van der Waals surface area contributed by atoms with Crippen molar-refractivity contribution in [2.45, 2.75) is 25.4 Å². The predicted octanol–water partition coefficient (Wildman–Crippen LogP) is 2.53. The van der Waals surface area contributed by atoms with Crippen LogP contribution in [0, 0.1) is 0 Å². The standard InChI is InChI=1S/C20H21N5O2/c26-19(20-23-18(24-27-20)16-7-4-10-21-13-16)22-17-8-11-25(12-9-17)14-15-5-2-1-3-6-15/h1-7,10,13,17H,8-9,11-12,14H2,(H,22,26). The molecule has 0 spiro atoms. The maximum Gasteiger partial charge on any atom is 0.316 e. The van der Waals surface area contributed by atoms with Crippen LogP contribution in [0.5, 0.6) is 0 Å². The highest BCUT2D eigenvalue weighted by Crippen LogP contribution is 2.16. The SMILES string of the molecule is O=C(NC1CCN(Cc2ccccc2)CC1)c1nc(-c2cccnc2)no1. The highest BCUT2D eigenvalue weighted by atomic mass is 16.5. The normalized spacial score (nSPS) is 15.6. The molecule has 3 heterocycles. The Morgan fingerprint density at radius 1 is 1.15 bits per heavy atom. The van der Waals surface area contributed by atoms with Gasteiger partial charge in [0.1, 0.15) is 0 Å². The number of nitrogens with one attached hydrogen (secondary N) is 1. The molecule has 7 nitrogen and oxygen atoms in total. The van der Waals surface area contributed by atoms with Crippen molar-refractivity contribution >= 4 is 5.91 Å². The number of rotatable bonds is 5. The summed E-state index contributed by atoms with van der Waals surface area (Å²) >= 11 is 0. The summed E-state index contributed by atoms with van der Waals surface area (Å²) in [6.07, 6.45) is 5.11. The lowest BCUT2D eigenvalue weighted by molar-refractivity contribution is 0.0865. The third-order valence-electron chi connectivity index (χ3n) is 4.71. The molecule has 0 bridgehead atoms. The van der Waals surface area contributed by atoms with Crippen molar-refractivity contribution in [3.63, 3.8) is 0 Å². The van der Waals surface area contributed by atoms with Gasteiger partial charge in [0.05, 0.1) is 0 Å². The van der Waals surface area contributed by atoms with Crippen molar-refractivity contribution in [2.75, 3.05) is 13.1 Å². The molecular formula is C20H21N5O2. The van der Waals surface area contributed by atoms with E-state index in [1.165, 1.54) is 5.56 Å². The van der Waals surface area contributed by atoms with Crippen LogP contribution in [0.3, 0.4) is 0 Å². The molecule has 27 heavy (non-hydrogen) atoms. The summed E-state index contributed by atoms with van der Waals surface area (Å²) < 4.78 is 5.11. The Morgan fingerprint density at radius 3 is 2.70 bits per heavy atom. The van der Waals surface area contributed by atoms with Crippen molar-refractivity contribution in [1.29, 1.82) is 0 Å². The first-order valence-corrected chi connectivity index (χ1v) is 9.09. The summed E-state index contributed by atoms with van der Waals surface area (Å²) in [7, 11) is 0. The molecule has 2 aromatic heterocycles. The molecule has 1 aliphatic rings. The van der Waals surface area contributed by atoms with Crippen LogP contribution in [0.25, 0.3) is 11.4 Å². The predicted molar refractivity (Wildman–Crippen MR) is 99.7 cm³/mol. The molecule has 0 radical (unpaired) electrons. The van der Waals surface area contributed by atoms with E-state index in [1.54, 1.807) is 18.5 Å². The minimum Gasteiger partial charge on any atom is -0.345 e. The second-order valence-electron chi connectivity index (χ2n) is 6.67. The largest absolute Gasteiger partial charge is 0.345 e. The summed E-state index contributed by atoms with van der Waals surface area (Å²) in [4.78, 5) is 23.0. The van der Waals surface area contributed by atoms with Crippen LogP contribution in [0.1, 0.15) is 29.1 Å². The number of piperidine rings is 1. The lowest BCUT2D eigenvalue weighted by atomic mass is 10.0. The van der Waals surface area contributed by atoms with Gasteiger partial charge in [-0.05, 0) is 30.5 Å². The van der Waals surface area contributed by atoms with Gasteiger partial charge >= 0.3 is 11.8 Å². The van der Waals surface area contributed by atoms with Gasteiger partial charge in [0.15, 0.2) is 0 Å². The molecule has 138 valence electrons. The summed E-state index contributed by atoms with van der Waals surface area (Å²) in [6.45, 7) is 2.84. The summed E-state index contributed by atoms with van der Waals surface area (Å²) in [6, 6.07) is 14.2. The third kappa shape index (κ3) is 4.38. The number of benzene rings is 1. The smallest absolute Gasteiger partial charge is 0.316 e. The molecule has 1 saturated heterocycles. The maximum absolute atomic E-state index is 12.4. The number of carbonyl (C=O) groups excluding carboxylic acids is 1. The fraction of sp³-hybridized carbons (Fsp3) is 0.300. The molecule has 4 rings (SSSR count). The second-order valence-corrected chi connectivity index (χ2v) is 6.67. The molecule has 0 saturated carbocycles. The molecule has 1 aromatic carbocycles. The molecule has 1 amide bonds. The number of aromatic nitrogens is 3. The van der Waals surface area contributed by atoms with Gasteiger partial charge in [0, 0.05) is 43.6 Å². The zero-order valence-corrected chi connectivity index (χ0v) is 14.9. The molecule has 1 fully saturated rings. The van der Waals surface area contributed by atoms with E-state index in [4.69, 9.17) is 4.52 Å². The summed E-state index contributed by atoms with van der Waals surface area (Å²) in [5.41, 5.74) is 2.03. The number of likely N-dealkylation sites (tertiary alicyclic amines) is 1. The van der Waals surface area contributed by atoms with E-state index in [0.717, 1.165) is 38.0 Å². The maximum atomic E-state index is 12.4. The zero-order valence-electron chi connectivity index (χ0n) is 14.9. The molecule has 0 aliphatic carbocycles. The molecule has 0 unspecified atom stereocenters. The Labute approximate surface area is 157 Å². The molecular weight excluding hydrogens is 342 g/mol. The third-order valence-corrected chi connectivity index (χ3v) is 4.71. The quantitative estimate of drug-likeness (QED) is 0.750. The van der Waals surface area contributed by atoms with Gasteiger partial charge in [-0.3, -0.25) is 14.7 Å². The molecule has 3 aromatic rings. The van der Waals surface area contributed by atoms with E-state index in [9.17, 15) is 4.79 Å². The molecule has 0 atom stereocenters. The Balaban J connectivity index is 1.29. The van der Waals surface area contributed by atoms with Gasteiger partial charge in [0.25, 0.3) is 0 Å². The number of hydrogen-bond acceptors (Lipinski definition) is 6. The van der Waals surface area contributed by atoms with Gasteiger partial charge in [-0.2, -0.15) is 4.98 Å². The van der Waals surface area contributed by atoms with Gasteiger partial charge in [-0.15, -0.1) is 0 Å². The van der Waals surface area contributed by atoms with Crippen LogP contribution in [0.2, 0.25) is 0 Å². The first kappa shape index (κ1) is 17.4. The van der Waals surface area contributed by atoms with Crippen LogP contribution < -0.4 is 5.32 Å². The van der Waals surface area contributed by atoms with E-state index < -0.39 is 0 Å². The number of carbonyl (C=O) groups is 1. The molecule has 7 heteroatoms. The average molecular weight is 363 g/mol. The topological polar surface area (TPSA) is 84.2 Å². The van der Waals surface area contributed by atoms with Crippen LogP contribution in [0.15, 0.2) is 59.4 Å². The van der Waals surface area contributed by atoms with Crippen molar-refractivity contribution in [3.05, 3.63) is 66.3 Å². The van der Waals surface area contributed by atoms with Crippen LogP contribution >= 0.6 is 0 Å². The molecule has 1 N–H and O–H groups in total. The van der Waals surface area contributed by atoms with Crippen molar-refractivity contribution in [3.8, 4) is 11.4 Å². The fourth-order valence-corrected chi connectivity index (χ4v) is 3.25. The van der Waals surface area contributed by atoms with E-state index >= 15 is 0 Å². The zero-order chi connectivity index (χ0) is 18.5. The van der Waals surface area contributed by atoms with Crippen molar-refractivity contribution in [1.82, 2.24) is 25.3 Å². The van der Waals surface area contributed by atoms with Crippen molar-refractivity contribution in [2.24, 2.45) is 0 Å². The van der Waals surface area contributed by atoms with Crippen LogP contribution in [-0.2, 0) is 6.54 Å². The fourth-order valence-electron chi connectivity index (χ4n) is 3.25. The first-order valence-electron chi connectivity index (χ1n) is 9.09. The van der Waals surface area contributed by atoms with Gasteiger partial charge in [-0.1, -0.05) is 35.5 Å². The van der Waals surface area contributed by atoms with Crippen LogP contribution in [0.4, 0.5) is 0 Å². The van der Waals surface area contributed by atoms with Crippen molar-refractivity contribution < 1.29 is 9.32 Å². The van der Waals surface area contributed by atoms with E-state index in [-0.39, 0.29) is 17.8 Å². The number of pyridine rings is 1. The van der Waals surface area contributed by atoms with Gasteiger partial charge < -0.3 is 9.84 Å². The minimum absolute atomic E-state index is 0.0134. The monoisotopic (exact) mass is 363 g/mol. The Kier molecular flexibility index (Phi) is 5.20. The number of hydrogen-bond donors (Lipinski definition) is 1. The van der Waals surface area contributed by atoms with E-state index in [0.29, 0.717) is 5.82 Å². The average Bonchev–Trinajstić information content (AvgIpc) is 3.21. The van der Waals surface area contributed by atoms with Crippen LogP contribution in [-0.4, -0.2) is 45.1 Å². The minimum atomic E-state index is -0.320. The second kappa shape index (κ2) is 8.09. The Morgan fingerprint density at radius 2 is 1.96 bits per heavy atom. The first-order chi connectivity index (χ1) is 13.3.